The van der Waals surface area contributed by atoms with E-state index in [9.17, 15) is 13.2 Å². The van der Waals surface area contributed by atoms with E-state index in [1.54, 1.807) is 43.3 Å². The monoisotopic (exact) mass is 362 g/mol. The van der Waals surface area contributed by atoms with Crippen LogP contribution in [0.4, 0.5) is 5.69 Å². The van der Waals surface area contributed by atoms with Gasteiger partial charge in [-0.1, -0.05) is 30.3 Å². The van der Waals surface area contributed by atoms with E-state index >= 15 is 0 Å². The van der Waals surface area contributed by atoms with Crippen molar-refractivity contribution in [3.8, 4) is 0 Å². The van der Waals surface area contributed by atoms with Gasteiger partial charge in [0.2, 0.25) is 0 Å². The zero-order chi connectivity index (χ0) is 18.4. The summed E-state index contributed by atoms with van der Waals surface area (Å²) in [6.45, 7) is 2.12. The van der Waals surface area contributed by atoms with Gasteiger partial charge < -0.3 is 10.1 Å². The molecule has 0 spiro atoms. The molecule has 0 aliphatic carbocycles. The van der Waals surface area contributed by atoms with Crippen molar-refractivity contribution in [3.63, 3.8) is 0 Å². The largest absolute Gasteiger partial charge is 0.383 e. The maximum atomic E-state index is 13.0. The van der Waals surface area contributed by atoms with Gasteiger partial charge in [0.1, 0.15) is 4.90 Å². The predicted molar refractivity (Wildman–Crippen MR) is 97.3 cm³/mol. The number of sulfonamides is 1. The second-order valence-corrected chi connectivity index (χ2v) is 7.57. The zero-order valence-corrected chi connectivity index (χ0v) is 15.3. The number of para-hydroxylation sites is 1. The van der Waals surface area contributed by atoms with Gasteiger partial charge in [-0.05, 0) is 31.2 Å². The molecule has 6 nitrogen and oxygen atoms in total. The van der Waals surface area contributed by atoms with Crippen LogP contribution in [0.15, 0.2) is 59.5 Å². The smallest absolute Gasteiger partial charge is 0.264 e. The van der Waals surface area contributed by atoms with Crippen molar-refractivity contribution < 1.29 is 17.9 Å². The lowest BCUT2D eigenvalue weighted by Crippen LogP contribution is -2.37. The second kappa shape index (κ2) is 8.13. The molecule has 0 aliphatic rings. The Morgan fingerprint density at radius 2 is 1.72 bits per heavy atom. The average molecular weight is 362 g/mol. The molecule has 0 unspecified atom stereocenters. The van der Waals surface area contributed by atoms with Crippen LogP contribution in [0.5, 0.6) is 0 Å². The van der Waals surface area contributed by atoms with Crippen molar-refractivity contribution in [2.75, 3.05) is 25.1 Å². The first-order valence-electron chi connectivity index (χ1n) is 7.80. The molecule has 0 saturated heterocycles. The van der Waals surface area contributed by atoms with E-state index in [1.165, 1.54) is 26.3 Å². The molecule has 0 bridgehead atoms. The standard InChI is InChI=1S/C18H22N2O4S/c1-14(13-24-3)19-18(21)16-11-7-8-12-17(16)25(22,23)20(2)15-9-5-4-6-10-15/h4-12,14H,13H2,1-3H3,(H,19,21)/t14-/m0/s1. The molecular formula is C18H22N2O4S. The summed E-state index contributed by atoms with van der Waals surface area (Å²) < 4.78 is 32.1. The third-order valence-corrected chi connectivity index (χ3v) is 5.53. The van der Waals surface area contributed by atoms with Gasteiger partial charge in [0, 0.05) is 20.2 Å². The molecule has 0 radical (unpaired) electrons. The van der Waals surface area contributed by atoms with E-state index in [1.807, 2.05) is 6.07 Å². The molecule has 25 heavy (non-hydrogen) atoms. The molecule has 1 atom stereocenters. The Morgan fingerprint density at radius 1 is 1.12 bits per heavy atom. The van der Waals surface area contributed by atoms with Gasteiger partial charge in [0.05, 0.1) is 17.9 Å². The normalized spacial score (nSPS) is 12.4. The highest BCUT2D eigenvalue weighted by atomic mass is 32.2. The summed E-state index contributed by atoms with van der Waals surface area (Å²) in [5, 5.41) is 2.74. The number of rotatable bonds is 7. The van der Waals surface area contributed by atoms with Gasteiger partial charge in [0.25, 0.3) is 15.9 Å². The minimum absolute atomic E-state index is 0.0385. The molecule has 2 aromatic rings. The van der Waals surface area contributed by atoms with Crippen LogP contribution in [0.2, 0.25) is 0 Å². The van der Waals surface area contributed by atoms with E-state index in [0.717, 1.165) is 4.31 Å². The molecule has 0 saturated carbocycles. The van der Waals surface area contributed by atoms with E-state index in [0.29, 0.717) is 12.3 Å². The second-order valence-electron chi connectivity index (χ2n) is 5.63. The lowest BCUT2D eigenvalue weighted by Gasteiger charge is -2.21. The van der Waals surface area contributed by atoms with Crippen LogP contribution >= 0.6 is 0 Å². The number of ether oxygens (including phenoxy) is 1. The molecule has 1 amide bonds. The fourth-order valence-corrected chi connectivity index (χ4v) is 3.78. The Labute approximate surface area is 148 Å². The van der Waals surface area contributed by atoms with Crippen molar-refractivity contribution in [3.05, 3.63) is 60.2 Å². The van der Waals surface area contributed by atoms with Crippen LogP contribution in [-0.2, 0) is 14.8 Å². The average Bonchev–Trinajstić information content (AvgIpc) is 2.62. The minimum Gasteiger partial charge on any atom is -0.383 e. The number of nitrogens with one attached hydrogen (secondary N) is 1. The van der Waals surface area contributed by atoms with Gasteiger partial charge in [0.15, 0.2) is 0 Å². The first-order valence-corrected chi connectivity index (χ1v) is 9.24. The lowest BCUT2D eigenvalue weighted by atomic mass is 10.2. The number of benzene rings is 2. The fourth-order valence-electron chi connectivity index (χ4n) is 2.40. The van der Waals surface area contributed by atoms with Crippen molar-refractivity contribution in [1.82, 2.24) is 5.32 Å². The first kappa shape index (κ1) is 19.0. The van der Waals surface area contributed by atoms with Crippen LogP contribution in [0.1, 0.15) is 17.3 Å². The van der Waals surface area contributed by atoms with E-state index in [4.69, 9.17) is 4.74 Å². The van der Waals surface area contributed by atoms with Crippen LogP contribution in [0.3, 0.4) is 0 Å². The van der Waals surface area contributed by atoms with Crippen molar-refractivity contribution >= 4 is 21.6 Å². The lowest BCUT2D eigenvalue weighted by molar-refractivity contribution is 0.0902. The summed E-state index contributed by atoms with van der Waals surface area (Å²) in [6.07, 6.45) is 0. The van der Waals surface area contributed by atoms with Crippen LogP contribution in [0, 0.1) is 0 Å². The zero-order valence-electron chi connectivity index (χ0n) is 14.5. The maximum Gasteiger partial charge on any atom is 0.264 e. The molecule has 1 N–H and O–H groups in total. The Kier molecular flexibility index (Phi) is 6.17. The van der Waals surface area contributed by atoms with Crippen molar-refractivity contribution in [2.24, 2.45) is 0 Å². The van der Waals surface area contributed by atoms with Crippen molar-refractivity contribution in [2.45, 2.75) is 17.9 Å². The summed E-state index contributed by atoms with van der Waals surface area (Å²) in [7, 11) is -0.872. The Morgan fingerprint density at radius 3 is 2.36 bits per heavy atom. The summed E-state index contributed by atoms with van der Waals surface area (Å²) >= 11 is 0. The summed E-state index contributed by atoms with van der Waals surface area (Å²) in [5.41, 5.74) is 0.624. The molecule has 2 rings (SSSR count). The van der Waals surface area contributed by atoms with Gasteiger partial charge >= 0.3 is 0 Å². The number of carbonyl (C=O) groups is 1. The Balaban J connectivity index is 2.38. The van der Waals surface area contributed by atoms with Gasteiger partial charge in [-0.15, -0.1) is 0 Å². The van der Waals surface area contributed by atoms with Gasteiger partial charge in [-0.2, -0.15) is 0 Å². The predicted octanol–water partition coefficient (Wildman–Crippen LogP) is 2.28. The quantitative estimate of drug-likeness (QED) is 0.820. The third-order valence-electron chi connectivity index (χ3n) is 3.68. The highest BCUT2D eigenvalue weighted by molar-refractivity contribution is 7.92. The maximum absolute atomic E-state index is 13.0. The number of hydrogen-bond donors (Lipinski definition) is 1. The molecule has 134 valence electrons. The molecule has 0 aliphatic heterocycles. The number of hydrogen-bond acceptors (Lipinski definition) is 4. The van der Waals surface area contributed by atoms with Crippen LogP contribution < -0.4 is 9.62 Å². The Bertz CT molecular complexity index is 822. The van der Waals surface area contributed by atoms with Crippen LogP contribution in [0.25, 0.3) is 0 Å². The fraction of sp³-hybridized carbons (Fsp3) is 0.278. The summed E-state index contributed by atoms with van der Waals surface area (Å²) in [4.78, 5) is 12.5. The van der Waals surface area contributed by atoms with Gasteiger partial charge in [-0.25, -0.2) is 8.42 Å². The van der Waals surface area contributed by atoms with Gasteiger partial charge in [-0.3, -0.25) is 9.10 Å². The number of methoxy groups -OCH3 is 1. The minimum atomic E-state index is -3.87. The summed E-state index contributed by atoms with van der Waals surface area (Å²) in [6, 6.07) is 14.6. The molecule has 0 aromatic heterocycles. The highest BCUT2D eigenvalue weighted by Crippen LogP contribution is 2.24. The molecule has 0 heterocycles. The molecule has 7 heteroatoms. The highest BCUT2D eigenvalue weighted by Gasteiger charge is 2.27. The SMILES string of the molecule is COC[C@H](C)NC(=O)c1ccccc1S(=O)(=O)N(C)c1ccccc1. The van der Waals surface area contributed by atoms with Crippen LogP contribution in [-0.4, -0.2) is 41.1 Å². The topological polar surface area (TPSA) is 75.7 Å². The molecule has 0 fully saturated rings. The summed E-state index contributed by atoms with van der Waals surface area (Å²) in [5.74, 6) is -0.454. The first-order chi connectivity index (χ1) is 11.9. The van der Waals surface area contributed by atoms with E-state index < -0.39 is 15.9 Å². The number of anilines is 1. The Hall–Kier alpha value is -2.38. The van der Waals surface area contributed by atoms with Crippen molar-refractivity contribution in [1.29, 1.82) is 0 Å². The third kappa shape index (κ3) is 4.37. The number of amides is 1. The van der Waals surface area contributed by atoms with E-state index in [-0.39, 0.29) is 16.5 Å². The molecular weight excluding hydrogens is 340 g/mol. The molecule has 2 aromatic carbocycles. The van der Waals surface area contributed by atoms with E-state index in [2.05, 4.69) is 5.32 Å². The number of carbonyl (C=O) groups excluding carboxylic acids is 1. The number of nitrogens with zero attached hydrogens (tertiary/aromatic N) is 1.